The number of halogens is 1. The molecule has 2 nitrogen and oxygen atoms in total. The first-order valence-electron chi connectivity index (χ1n) is 7.30. The molecule has 0 radical (unpaired) electrons. The highest BCUT2D eigenvalue weighted by molar-refractivity contribution is 6.30. The van der Waals surface area contributed by atoms with E-state index in [1.807, 2.05) is 18.2 Å². The van der Waals surface area contributed by atoms with Crippen molar-refractivity contribution in [1.82, 2.24) is 0 Å². The summed E-state index contributed by atoms with van der Waals surface area (Å²) >= 11 is 5.98. The average Bonchev–Trinajstić information content (AvgIpc) is 2.48. The van der Waals surface area contributed by atoms with E-state index in [0.29, 0.717) is 0 Å². The largest absolute Gasteiger partial charge is 0.495 e. The van der Waals surface area contributed by atoms with Crippen molar-refractivity contribution in [1.29, 1.82) is 0 Å². The van der Waals surface area contributed by atoms with Crippen LogP contribution < -0.4 is 10.1 Å². The van der Waals surface area contributed by atoms with Gasteiger partial charge in [0.1, 0.15) is 5.75 Å². The Morgan fingerprint density at radius 2 is 1.86 bits per heavy atom. The van der Waals surface area contributed by atoms with Gasteiger partial charge >= 0.3 is 0 Å². The summed E-state index contributed by atoms with van der Waals surface area (Å²) < 4.78 is 5.45. The molecular formula is C18H22ClNO. The second kappa shape index (κ2) is 7.37. The van der Waals surface area contributed by atoms with Crippen molar-refractivity contribution in [3.8, 4) is 5.75 Å². The van der Waals surface area contributed by atoms with Crippen LogP contribution in [0.3, 0.4) is 0 Å². The minimum Gasteiger partial charge on any atom is -0.495 e. The first-order valence-corrected chi connectivity index (χ1v) is 7.68. The van der Waals surface area contributed by atoms with Crippen LogP contribution in [0.5, 0.6) is 5.75 Å². The van der Waals surface area contributed by atoms with Gasteiger partial charge in [-0.05, 0) is 48.7 Å². The summed E-state index contributed by atoms with van der Waals surface area (Å²) in [5.74, 6) is 0.871. The fraction of sp³-hybridized carbons (Fsp3) is 0.333. The number of hydrogen-bond donors (Lipinski definition) is 1. The monoisotopic (exact) mass is 303 g/mol. The van der Waals surface area contributed by atoms with Gasteiger partial charge in [-0.1, -0.05) is 43.1 Å². The normalized spacial score (nSPS) is 12.0. The van der Waals surface area contributed by atoms with Crippen LogP contribution in [0.4, 0.5) is 5.69 Å². The molecule has 2 aromatic carbocycles. The van der Waals surface area contributed by atoms with Crippen molar-refractivity contribution in [2.24, 2.45) is 0 Å². The third-order valence-electron chi connectivity index (χ3n) is 3.53. The number of nitrogens with one attached hydrogen (secondary N) is 1. The van der Waals surface area contributed by atoms with Crippen molar-refractivity contribution in [3.63, 3.8) is 0 Å². The van der Waals surface area contributed by atoms with E-state index in [1.54, 1.807) is 7.11 Å². The highest BCUT2D eigenvalue weighted by Crippen LogP contribution is 2.31. The summed E-state index contributed by atoms with van der Waals surface area (Å²) in [6.07, 6.45) is 2.16. The minimum atomic E-state index is 0.253. The van der Waals surface area contributed by atoms with Crippen LogP contribution in [0.1, 0.15) is 36.9 Å². The van der Waals surface area contributed by atoms with Gasteiger partial charge in [0.25, 0.3) is 0 Å². The molecule has 0 aromatic heterocycles. The molecule has 1 N–H and O–H groups in total. The quantitative estimate of drug-likeness (QED) is 0.749. The average molecular weight is 304 g/mol. The summed E-state index contributed by atoms with van der Waals surface area (Å²) in [4.78, 5) is 0. The van der Waals surface area contributed by atoms with Crippen molar-refractivity contribution in [2.45, 2.75) is 32.7 Å². The van der Waals surface area contributed by atoms with Crippen LogP contribution in [0.25, 0.3) is 0 Å². The Labute approximate surface area is 132 Å². The van der Waals surface area contributed by atoms with E-state index in [0.717, 1.165) is 29.3 Å². The summed E-state index contributed by atoms with van der Waals surface area (Å²) in [7, 11) is 1.70. The summed E-state index contributed by atoms with van der Waals surface area (Å²) in [6, 6.07) is 14.5. The maximum absolute atomic E-state index is 5.98. The molecule has 112 valence electrons. The van der Waals surface area contributed by atoms with Gasteiger partial charge < -0.3 is 10.1 Å². The standard InChI is InChI=1S/C18H22ClNO/c1-4-5-16(14-7-9-15(19)10-8-14)20-17-12-13(2)6-11-18(17)21-3/h6-12,16,20H,4-5H2,1-3H3. The molecule has 0 saturated heterocycles. The number of aryl methyl sites for hydroxylation is 1. The molecule has 2 rings (SSSR count). The van der Waals surface area contributed by atoms with Crippen molar-refractivity contribution in [2.75, 3.05) is 12.4 Å². The maximum atomic E-state index is 5.98. The molecule has 3 heteroatoms. The van der Waals surface area contributed by atoms with E-state index >= 15 is 0 Å². The molecule has 0 spiro atoms. The van der Waals surface area contributed by atoms with Crippen LogP contribution in [0.2, 0.25) is 5.02 Å². The molecule has 0 aliphatic carbocycles. The molecule has 0 amide bonds. The molecule has 0 bridgehead atoms. The number of rotatable bonds is 6. The summed E-state index contributed by atoms with van der Waals surface area (Å²) in [5, 5.41) is 4.37. The third-order valence-corrected chi connectivity index (χ3v) is 3.79. The Hall–Kier alpha value is -1.67. The van der Waals surface area contributed by atoms with Crippen molar-refractivity contribution >= 4 is 17.3 Å². The molecule has 2 aromatic rings. The topological polar surface area (TPSA) is 21.3 Å². The molecule has 0 saturated carbocycles. The lowest BCUT2D eigenvalue weighted by atomic mass is 10.0. The smallest absolute Gasteiger partial charge is 0.141 e. The number of ether oxygens (including phenoxy) is 1. The van der Waals surface area contributed by atoms with E-state index in [2.05, 4.69) is 43.4 Å². The highest BCUT2D eigenvalue weighted by atomic mass is 35.5. The first-order chi connectivity index (χ1) is 10.1. The number of methoxy groups -OCH3 is 1. The Kier molecular flexibility index (Phi) is 5.51. The molecule has 1 atom stereocenters. The van der Waals surface area contributed by atoms with Gasteiger partial charge in [0, 0.05) is 5.02 Å². The SMILES string of the molecule is CCCC(Nc1cc(C)ccc1OC)c1ccc(Cl)cc1. The van der Waals surface area contributed by atoms with Crippen LogP contribution >= 0.6 is 11.6 Å². The van der Waals surface area contributed by atoms with Crippen LogP contribution in [-0.4, -0.2) is 7.11 Å². The lowest BCUT2D eigenvalue weighted by Gasteiger charge is -2.22. The van der Waals surface area contributed by atoms with Crippen LogP contribution in [-0.2, 0) is 0 Å². The second-order valence-corrected chi connectivity index (χ2v) is 5.68. The van der Waals surface area contributed by atoms with Gasteiger partial charge in [-0.3, -0.25) is 0 Å². The third kappa shape index (κ3) is 4.15. The van der Waals surface area contributed by atoms with Gasteiger partial charge in [0.15, 0.2) is 0 Å². The van der Waals surface area contributed by atoms with E-state index in [1.165, 1.54) is 11.1 Å². The van der Waals surface area contributed by atoms with Gasteiger partial charge in [-0.25, -0.2) is 0 Å². The fourth-order valence-electron chi connectivity index (χ4n) is 2.43. The van der Waals surface area contributed by atoms with E-state index in [4.69, 9.17) is 16.3 Å². The Bertz CT molecular complexity index is 580. The zero-order valence-corrected chi connectivity index (χ0v) is 13.6. The first kappa shape index (κ1) is 15.7. The zero-order valence-electron chi connectivity index (χ0n) is 12.8. The molecule has 0 heterocycles. The molecule has 0 aliphatic rings. The second-order valence-electron chi connectivity index (χ2n) is 5.24. The van der Waals surface area contributed by atoms with Gasteiger partial charge in [0.05, 0.1) is 18.8 Å². The van der Waals surface area contributed by atoms with Crippen molar-refractivity contribution in [3.05, 3.63) is 58.6 Å². The Morgan fingerprint density at radius 3 is 2.48 bits per heavy atom. The lowest BCUT2D eigenvalue weighted by Crippen LogP contribution is -2.11. The fourth-order valence-corrected chi connectivity index (χ4v) is 2.55. The predicted octanol–water partition coefficient (Wildman–Crippen LogP) is 5.61. The lowest BCUT2D eigenvalue weighted by molar-refractivity contribution is 0.415. The number of anilines is 1. The predicted molar refractivity (Wildman–Crippen MR) is 90.5 cm³/mol. The molecule has 0 aliphatic heterocycles. The van der Waals surface area contributed by atoms with E-state index < -0.39 is 0 Å². The molecule has 0 fully saturated rings. The molecular weight excluding hydrogens is 282 g/mol. The van der Waals surface area contributed by atoms with Crippen LogP contribution in [0.15, 0.2) is 42.5 Å². The van der Waals surface area contributed by atoms with Gasteiger partial charge in [-0.15, -0.1) is 0 Å². The Morgan fingerprint density at radius 1 is 1.14 bits per heavy atom. The van der Waals surface area contributed by atoms with E-state index in [9.17, 15) is 0 Å². The minimum absolute atomic E-state index is 0.253. The maximum Gasteiger partial charge on any atom is 0.141 e. The van der Waals surface area contributed by atoms with Crippen LogP contribution in [0, 0.1) is 6.92 Å². The van der Waals surface area contributed by atoms with Gasteiger partial charge in [-0.2, -0.15) is 0 Å². The van der Waals surface area contributed by atoms with Gasteiger partial charge in [0.2, 0.25) is 0 Å². The molecule has 21 heavy (non-hydrogen) atoms. The Balaban J connectivity index is 2.27. The summed E-state index contributed by atoms with van der Waals surface area (Å²) in [6.45, 7) is 4.28. The number of hydrogen-bond acceptors (Lipinski definition) is 2. The number of benzene rings is 2. The highest BCUT2D eigenvalue weighted by Gasteiger charge is 2.13. The molecule has 1 unspecified atom stereocenters. The summed E-state index contributed by atoms with van der Waals surface area (Å²) in [5.41, 5.74) is 3.49. The van der Waals surface area contributed by atoms with E-state index in [-0.39, 0.29) is 6.04 Å². The van der Waals surface area contributed by atoms with Crippen molar-refractivity contribution < 1.29 is 4.74 Å². The zero-order chi connectivity index (χ0) is 15.2.